The van der Waals surface area contributed by atoms with E-state index < -0.39 is 12.3 Å². The topological polar surface area (TPSA) is 104 Å². The van der Waals surface area contributed by atoms with E-state index in [4.69, 9.17) is 14.2 Å². The van der Waals surface area contributed by atoms with E-state index in [1.165, 1.54) is 44.4 Å². The van der Waals surface area contributed by atoms with E-state index in [2.05, 4.69) is 10.3 Å². The number of nitrogens with zero attached hydrogens (tertiary/aromatic N) is 1. The van der Waals surface area contributed by atoms with Crippen LogP contribution in [0.2, 0.25) is 0 Å². The van der Waals surface area contributed by atoms with Crippen LogP contribution in [0.3, 0.4) is 0 Å². The van der Waals surface area contributed by atoms with Gasteiger partial charge in [0.15, 0.2) is 17.1 Å². The number of carbonyl (C=O) groups is 3. The number of esters is 2. The third kappa shape index (κ3) is 4.86. The monoisotopic (exact) mass is 504 g/mol. The van der Waals surface area contributed by atoms with Crippen LogP contribution in [0.1, 0.15) is 75.9 Å². The van der Waals surface area contributed by atoms with Crippen LogP contribution < -0.4 is 5.32 Å². The Balaban J connectivity index is 1.32. The summed E-state index contributed by atoms with van der Waals surface area (Å²) in [5, 5.41) is 3.83. The zero-order valence-electron chi connectivity index (χ0n) is 21.0. The SMILES string of the molecule is CC(=O)OCC1O[C@H](Nc2ncc(C(=O)C34CC5CC(CC(C5)C3)C4)s2)C(OC(C)=O)[C@@H](C)[C@@H]1C. The second kappa shape index (κ2) is 9.47. The molecular weight excluding hydrogens is 468 g/mol. The van der Waals surface area contributed by atoms with Crippen molar-refractivity contribution in [2.45, 2.75) is 84.7 Å². The maximum atomic E-state index is 13.7. The maximum Gasteiger partial charge on any atom is 0.303 e. The lowest BCUT2D eigenvalue weighted by molar-refractivity contribution is -0.197. The van der Waals surface area contributed by atoms with Crippen LogP contribution in [-0.4, -0.2) is 47.7 Å². The normalized spacial score (nSPS) is 39.8. The Bertz CT molecular complexity index is 955. The smallest absolute Gasteiger partial charge is 0.303 e. The van der Waals surface area contributed by atoms with Gasteiger partial charge in [0.05, 0.1) is 17.2 Å². The molecule has 2 heterocycles. The number of hydrogen-bond donors (Lipinski definition) is 1. The lowest BCUT2D eigenvalue weighted by atomic mass is 9.48. The Kier molecular flexibility index (Phi) is 6.68. The molecule has 0 amide bonds. The molecule has 8 nitrogen and oxygen atoms in total. The van der Waals surface area contributed by atoms with Crippen molar-refractivity contribution in [3.05, 3.63) is 11.1 Å². The fourth-order valence-corrected chi connectivity index (χ4v) is 8.29. The fraction of sp³-hybridized carbons (Fsp3) is 0.769. The molecule has 6 rings (SSSR count). The maximum absolute atomic E-state index is 13.7. The number of nitrogens with one attached hydrogen (secondary N) is 1. The van der Waals surface area contributed by atoms with E-state index in [1.54, 1.807) is 6.20 Å². The Morgan fingerprint density at radius 3 is 2.26 bits per heavy atom. The highest BCUT2D eigenvalue weighted by molar-refractivity contribution is 7.17. The number of ketones is 1. The van der Waals surface area contributed by atoms with E-state index >= 15 is 0 Å². The fourth-order valence-electron chi connectivity index (χ4n) is 7.39. The number of rotatable bonds is 7. The summed E-state index contributed by atoms with van der Waals surface area (Å²) in [5.41, 5.74) is -0.209. The van der Waals surface area contributed by atoms with Gasteiger partial charge in [-0.3, -0.25) is 14.4 Å². The molecule has 1 saturated heterocycles. The summed E-state index contributed by atoms with van der Waals surface area (Å²) in [5.74, 6) is 1.56. The molecule has 0 spiro atoms. The van der Waals surface area contributed by atoms with Crippen molar-refractivity contribution in [3.63, 3.8) is 0 Å². The largest absolute Gasteiger partial charge is 0.463 e. The van der Waals surface area contributed by atoms with Gasteiger partial charge >= 0.3 is 11.9 Å². The second-order valence-corrected chi connectivity index (χ2v) is 12.4. The molecule has 1 aliphatic heterocycles. The highest BCUT2D eigenvalue weighted by atomic mass is 32.1. The van der Waals surface area contributed by atoms with Crippen molar-refractivity contribution in [1.29, 1.82) is 0 Å². The van der Waals surface area contributed by atoms with E-state index in [-0.39, 0.29) is 47.7 Å². The lowest BCUT2D eigenvalue weighted by Crippen LogP contribution is -2.55. The van der Waals surface area contributed by atoms with Gasteiger partial charge in [-0.1, -0.05) is 25.2 Å². The second-order valence-electron chi connectivity index (χ2n) is 11.4. The van der Waals surface area contributed by atoms with Crippen molar-refractivity contribution >= 4 is 34.2 Å². The van der Waals surface area contributed by atoms with Crippen molar-refractivity contribution in [2.24, 2.45) is 35.0 Å². The van der Waals surface area contributed by atoms with Crippen LogP contribution in [0.4, 0.5) is 5.13 Å². The highest BCUT2D eigenvalue weighted by Gasteiger charge is 2.55. The summed E-state index contributed by atoms with van der Waals surface area (Å²) in [6, 6.07) is 0. The van der Waals surface area contributed by atoms with Gasteiger partial charge in [0.1, 0.15) is 12.7 Å². The summed E-state index contributed by atoms with van der Waals surface area (Å²) in [6.07, 6.45) is 7.06. The molecule has 1 aromatic heterocycles. The molecule has 5 fully saturated rings. The van der Waals surface area contributed by atoms with Gasteiger partial charge < -0.3 is 19.5 Å². The van der Waals surface area contributed by atoms with Crippen LogP contribution >= 0.6 is 11.3 Å². The lowest BCUT2D eigenvalue weighted by Gasteiger charge is -2.55. The summed E-state index contributed by atoms with van der Waals surface area (Å²) < 4.78 is 17.1. The minimum Gasteiger partial charge on any atom is -0.463 e. The first kappa shape index (κ1) is 24.7. The number of hydrogen-bond acceptors (Lipinski definition) is 9. The van der Waals surface area contributed by atoms with E-state index in [0.29, 0.717) is 27.8 Å². The summed E-state index contributed by atoms with van der Waals surface area (Å²) in [6.45, 7) is 6.87. The van der Waals surface area contributed by atoms with E-state index in [1.807, 2.05) is 13.8 Å². The number of anilines is 1. The molecule has 5 aliphatic rings. The zero-order chi connectivity index (χ0) is 24.9. The van der Waals surface area contributed by atoms with Gasteiger partial charge in [0, 0.05) is 25.2 Å². The molecule has 4 bridgehead atoms. The van der Waals surface area contributed by atoms with E-state index in [9.17, 15) is 14.4 Å². The minimum atomic E-state index is -0.667. The summed E-state index contributed by atoms with van der Waals surface area (Å²) >= 11 is 1.35. The third-order valence-corrected chi connectivity index (χ3v) is 9.75. The average Bonchev–Trinajstić information content (AvgIpc) is 3.24. The van der Waals surface area contributed by atoms with Gasteiger partial charge in [-0.25, -0.2) is 4.98 Å². The molecule has 5 atom stereocenters. The van der Waals surface area contributed by atoms with Crippen molar-refractivity contribution in [2.75, 3.05) is 11.9 Å². The predicted octanol–water partition coefficient (Wildman–Crippen LogP) is 4.45. The quantitative estimate of drug-likeness (QED) is 0.429. The summed E-state index contributed by atoms with van der Waals surface area (Å²) in [4.78, 5) is 42.1. The van der Waals surface area contributed by atoms with Crippen LogP contribution in [-0.2, 0) is 23.8 Å². The number of carbonyl (C=O) groups excluding carboxylic acids is 3. The molecule has 4 saturated carbocycles. The Morgan fingerprint density at radius 1 is 1.06 bits per heavy atom. The first-order valence-electron chi connectivity index (χ1n) is 12.9. The van der Waals surface area contributed by atoms with E-state index in [0.717, 1.165) is 19.3 Å². The standard InChI is InChI=1S/C26H36N2O6S/c1-13-14(2)22(33-16(4)30)24(34-20(13)12-32-15(3)29)28-25-27-11-21(35-25)23(31)26-8-17-5-18(9-26)7-19(6-17)10-26/h11,13-14,17-20,22,24H,5-10,12H2,1-4H3,(H,27,28)/t13-,14-,17?,18?,19?,20?,22?,24-,26?/m0/s1. The Hall–Kier alpha value is -2.00. The van der Waals surface area contributed by atoms with Gasteiger partial charge in [0.25, 0.3) is 0 Å². The highest BCUT2D eigenvalue weighted by Crippen LogP contribution is 2.61. The first-order chi connectivity index (χ1) is 16.6. The molecule has 192 valence electrons. The average molecular weight is 505 g/mol. The molecule has 35 heavy (non-hydrogen) atoms. The van der Waals surface area contributed by atoms with Crippen molar-refractivity contribution in [1.82, 2.24) is 4.98 Å². The molecular formula is C26H36N2O6S. The zero-order valence-corrected chi connectivity index (χ0v) is 21.8. The van der Waals surface area contributed by atoms with Gasteiger partial charge in [0.2, 0.25) is 0 Å². The third-order valence-electron chi connectivity index (χ3n) is 8.82. The van der Waals surface area contributed by atoms with Gasteiger partial charge in [-0.2, -0.15) is 0 Å². The minimum absolute atomic E-state index is 0.00117. The van der Waals surface area contributed by atoms with Crippen LogP contribution in [0.15, 0.2) is 6.20 Å². The Labute approximate surface area is 210 Å². The molecule has 9 heteroatoms. The molecule has 2 unspecified atom stereocenters. The number of aromatic nitrogens is 1. The Morgan fingerprint density at radius 2 is 1.69 bits per heavy atom. The summed E-state index contributed by atoms with van der Waals surface area (Å²) in [7, 11) is 0. The van der Waals surface area contributed by atoms with Crippen molar-refractivity contribution in [3.8, 4) is 0 Å². The van der Waals surface area contributed by atoms with Crippen LogP contribution in [0, 0.1) is 35.0 Å². The first-order valence-corrected chi connectivity index (χ1v) is 13.7. The molecule has 1 aromatic rings. The predicted molar refractivity (Wildman–Crippen MR) is 130 cm³/mol. The number of thiazole rings is 1. The molecule has 0 aromatic carbocycles. The van der Waals surface area contributed by atoms with Crippen molar-refractivity contribution < 1.29 is 28.6 Å². The molecule has 0 radical (unpaired) electrons. The number of ether oxygens (including phenoxy) is 3. The molecule has 4 aliphatic carbocycles. The molecule has 1 N–H and O–H groups in total. The van der Waals surface area contributed by atoms with Crippen LogP contribution in [0.5, 0.6) is 0 Å². The van der Waals surface area contributed by atoms with Gasteiger partial charge in [-0.15, -0.1) is 0 Å². The number of Topliss-reactive ketones (excluding diaryl/α,β-unsaturated/α-hetero) is 1. The van der Waals surface area contributed by atoms with Crippen LogP contribution in [0.25, 0.3) is 0 Å². The van der Waals surface area contributed by atoms with Gasteiger partial charge in [-0.05, 0) is 62.2 Å².